The van der Waals surface area contributed by atoms with E-state index in [2.05, 4.69) is 24.5 Å². The second-order valence-electron chi connectivity index (χ2n) is 12.0. The Bertz CT molecular complexity index is 1250. The Morgan fingerprint density at radius 3 is 2.71 bits per heavy atom. The van der Waals surface area contributed by atoms with E-state index in [9.17, 15) is 13.4 Å². The summed E-state index contributed by atoms with van der Waals surface area (Å²) in [6, 6.07) is 4.12. The van der Waals surface area contributed by atoms with Crippen molar-refractivity contribution < 1.29 is 22.7 Å². The van der Waals surface area contributed by atoms with E-state index in [1.165, 1.54) is 24.5 Å². The molecule has 10 nitrogen and oxygen atoms in total. The molecule has 3 fully saturated rings. The number of ether oxygens (including phenoxy) is 1. The molecule has 0 bridgehead atoms. The number of likely N-dealkylation sites (tertiary alicyclic amines) is 1. The van der Waals surface area contributed by atoms with Crippen LogP contribution in [0.5, 0.6) is 11.5 Å². The van der Waals surface area contributed by atoms with E-state index >= 15 is 0 Å². The molecule has 224 valence electrons. The van der Waals surface area contributed by atoms with Crippen molar-refractivity contribution >= 4 is 23.0 Å². The number of nitrogens with zero attached hydrogens (tertiary/aromatic N) is 5. The predicted molar refractivity (Wildman–Crippen MR) is 156 cm³/mol. The number of nitrogens with one attached hydrogen (secondary N) is 1. The summed E-state index contributed by atoms with van der Waals surface area (Å²) in [4.78, 5) is 28.4. The fourth-order valence-electron chi connectivity index (χ4n) is 6.77. The minimum atomic E-state index is -1.94. The maximum absolute atomic E-state index is 14.2. The number of anilines is 1. The molecule has 1 aliphatic carbocycles. The van der Waals surface area contributed by atoms with Gasteiger partial charge >= 0.3 is 0 Å². The van der Waals surface area contributed by atoms with Crippen LogP contribution in [0.4, 0.5) is 10.2 Å². The van der Waals surface area contributed by atoms with Crippen LogP contribution in [-0.2, 0) is 11.3 Å². The molecule has 12 heteroatoms. The van der Waals surface area contributed by atoms with E-state index < -0.39 is 17.1 Å². The Kier molecular flexibility index (Phi) is 9.22. The minimum Gasteiger partial charge on any atom is -0.451 e. The first kappa shape index (κ1) is 29.8. The van der Waals surface area contributed by atoms with Crippen molar-refractivity contribution in [3.05, 3.63) is 42.1 Å². The first-order valence-electron chi connectivity index (χ1n) is 14.6. The van der Waals surface area contributed by atoms with Gasteiger partial charge in [-0.25, -0.2) is 23.3 Å². The van der Waals surface area contributed by atoms with Crippen LogP contribution in [0.1, 0.15) is 63.2 Å². The number of halogens is 1. The highest BCUT2D eigenvalue weighted by Gasteiger charge is 2.45. The molecule has 1 aromatic carbocycles. The molecule has 41 heavy (non-hydrogen) atoms. The fourth-order valence-corrected chi connectivity index (χ4v) is 7.29. The lowest BCUT2D eigenvalue weighted by atomic mass is 9.67. The summed E-state index contributed by atoms with van der Waals surface area (Å²) in [5, 5.41) is 0. The van der Waals surface area contributed by atoms with Gasteiger partial charge in [0.25, 0.3) is 5.91 Å². The zero-order chi connectivity index (χ0) is 29.1. The van der Waals surface area contributed by atoms with Crippen LogP contribution in [0.25, 0.3) is 0 Å². The number of benzene rings is 1. The molecule has 3 aliphatic rings. The molecular formula is C29H41FN6O4S. The van der Waals surface area contributed by atoms with Crippen molar-refractivity contribution in [2.75, 3.05) is 44.2 Å². The average Bonchev–Trinajstić information content (AvgIpc) is 3.38. The number of carbonyl (C=O) groups excluding carboxylic acids is 1. The lowest BCUT2D eigenvalue weighted by molar-refractivity contribution is -0.0386. The van der Waals surface area contributed by atoms with Crippen molar-refractivity contribution in [1.29, 1.82) is 0 Å². The second-order valence-corrected chi connectivity index (χ2v) is 12.8. The molecule has 2 saturated heterocycles. The highest BCUT2D eigenvalue weighted by atomic mass is 32.2. The number of amides is 1. The molecule has 5 rings (SSSR count). The normalized spacial score (nSPS) is 21.7. The summed E-state index contributed by atoms with van der Waals surface area (Å²) >= 11 is -1.94. The summed E-state index contributed by atoms with van der Waals surface area (Å²) < 4.78 is 43.3. The monoisotopic (exact) mass is 588 g/mol. The van der Waals surface area contributed by atoms with Crippen molar-refractivity contribution in [1.82, 2.24) is 24.5 Å². The molecule has 3 heterocycles. The van der Waals surface area contributed by atoms with Gasteiger partial charge in [0.05, 0.1) is 11.8 Å². The van der Waals surface area contributed by atoms with E-state index in [-0.39, 0.29) is 29.3 Å². The zero-order valence-electron chi connectivity index (χ0n) is 24.1. The Labute approximate surface area is 244 Å². The predicted octanol–water partition coefficient (Wildman–Crippen LogP) is 4.08. The van der Waals surface area contributed by atoms with Gasteiger partial charge in [0, 0.05) is 51.4 Å². The standard InChI is InChI=1S/C29H41FN6O4S/c1-4-36(20(2)3)28(37)24-13-22(30)5-6-25(24)40-26-14-31-19-32-27(26)35-12-9-21(16-35)15-34-17-29(18-34)10-7-23(8-11-29)33-41(38)39/h5-6,13-14,19-21,23,33H,4,7-12,15-18H2,1-3H3,(H,38,39)/t21-/m0/s1. The first-order chi connectivity index (χ1) is 19.7. The summed E-state index contributed by atoms with van der Waals surface area (Å²) in [6.07, 6.45) is 8.23. The maximum Gasteiger partial charge on any atom is 0.257 e. The van der Waals surface area contributed by atoms with Crippen LogP contribution >= 0.6 is 0 Å². The number of rotatable bonds is 10. The van der Waals surface area contributed by atoms with Gasteiger partial charge in [-0.2, -0.15) is 0 Å². The number of hydrogen-bond acceptors (Lipinski definition) is 7. The third-order valence-electron chi connectivity index (χ3n) is 8.81. The molecule has 0 radical (unpaired) electrons. The molecule has 2 N–H and O–H groups in total. The first-order valence-corrected chi connectivity index (χ1v) is 15.7. The van der Waals surface area contributed by atoms with E-state index in [4.69, 9.17) is 9.29 Å². The van der Waals surface area contributed by atoms with Crippen molar-refractivity contribution in [2.24, 2.45) is 11.3 Å². The number of carbonyl (C=O) groups is 1. The summed E-state index contributed by atoms with van der Waals surface area (Å²) in [6.45, 7) is 11.2. The zero-order valence-corrected chi connectivity index (χ0v) is 24.9. The van der Waals surface area contributed by atoms with Gasteiger partial charge in [-0.1, -0.05) is 0 Å². The summed E-state index contributed by atoms with van der Waals surface area (Å²) in [7, 11) is 0. The van der Waals surface area contributed by atoms with Crippen LogP contribution in [0.2, 0.25) is 0 Å². The second kappa shape index (κ2) is 12.7. The maximum atomic E-state index is 14.2. The quantitative estimate of drug-likeness (QED) is 0.400. The number of hydrogen-bond donors (Lipinski definition) is 2. The highest BCUT2D eigenvalue weighted by Crippen LogP contribution is 2.44. The Balaban J connectivity index is 1.20. The Hall–Kier alpha value is -2.67. The number of aromatic nitrogens is 2. The van der Waals surface area contributed by atoms with Crippen LogP contribution in [0.15, 0.2) is 30.7 Å². The largest absolute Gasteiger partial charge is 0.451 e. The van der Waals surface area contributed by atoms with Gasteiger partial charge in [-0.15, -0.1) is 0 Å². The topological polar surface area (TPSA) is 111 Å². The third kappa shape index (κ3) is 6.87. The van der Waals surface area contributed by atoms with Gasteiger partial charge < -0.3 is 19.4 Å². The highest BCUT2D eigenvalue weighted by molar-refractivity contribution is 7.77. The SMILES string of the molecule is CCN(C(=O)c1cc(F)ccc1Oc1cncnc1N1CC[C@@H](CN2CC3(CCC(NS(=O)O)CC3)C2)C1)C(C)C. The Morgan fingerprint density at radius 1 is 1.27 bits per heavy atom. The van der Waals surface area contributed by atoms with Crippen LogP contribution < -0.4 is 14.4 Å². The molecule has 1 spiro atoms. The fraction of sp³-hybridized carbons (Fsp3) is 0.621. The minimum absolute atomic E-state index is 0.0350. The van der Waals surface area contributed by atoms with E-state index in [0.29, 0.717) is 29.4 Å². The molecule has 2 atom stereocenters. The lowest BCUT2D eigenvalue weighted by Gasteiger charge is -2.54. The van der Waals surface area contributed by atoms with E-state index in [1.54, 1.807) is 11.1 Å². The van der Waals surface area contributed by atoms with E-state index in [1.807, 2.05) is 20.8 Å². The molecule has 1 amide bonds. The van der Waals surface area contributed by atoms with Gasteiger partial charge in [0.1, 0.15) is 17.9 Å². The van der Waals surface area contributed by atoms with Gasteiger partial charge in [-0.3, -0.25) is 9.35 Å². The van der Waals surface area contributed by atoms with Crippen LogP contribution in [0.3, 0.4) is 0 Å². The lowest BCUT2D eigenvalue weighted by Crippen LogP contribution is -2.59. The average molecular weight is 589 g/mol. The molecule has 1 aromatic heterocycles. The van der Waals surface area contributed by atoms with Crippen LogP contribution in [-0.4, -0.2) is 85.8 Å². The van der Waals surface area contributed by atoms with Gasteiger partial charge in [-0.05, 0) is 82.4 Å². The van der Waals surface area contributed by atoms with Crippen LogP contribution in [0, 0.1) is 17.2 Å². The molecular weight excluding hydrogens is 547 g/mol. The van der Waals surface area contributed by atoms with Crippen molar-refractivity contribution in [2.45, 2.75) is 65.0 Å². The smallest absolute Gasteiger partial charge is 0.257 e. The molecule has 2 aliphatic heterocycles. The van der Waals surface area contributed by atoms with Crippen molar-refractivity contribution in [3.63, 3.8) is 0 Å². The molecule has 1 unspecified atom stereocenters. The van der Waals surface area contributed by atoms with Gasteiger partial charge in [0.15, 0.2) is 11.6 Å². The summed E-state index contributed by atoms with van der Waals surface area (Å²) in [5.74, 6) is 1.12. The summed E-state index contributed by atoms with van der Waals surface area (Å²) in [5.41, 5.74) is 0.532. The molecule has 2 aromatic rings. The molecule has 1 saturated carbocycles. The van der Waals surface area contributed by atoms with Crippen molar-refractivity contribution in [3.8, 4) is 11.5 Å². The Morgan fingerprint density at radius 2 is 2.02 bits per heavy atom. The van der Waals surface area contributed by atoms with E-state index in [0.717, 1.165) is 64.8 Å². The van der Waals surface area contributed by atoms with Gasteiger partial charge in [0.2, 0.25) is 11.3 Å². The third-order valence-corrected chi connectivity index (χ3v) is 9.34.